The largest absolute Gasteiger partial charge is 0.201 e. The average molecular weight is 260 g/mol. The van der Waals surface area contributed by atoms with E-state index in [1.165, 1.54) is 16.7 Å². The molecule has 3 rings (SSSR count). The molecule has 1 aromatic heterocycles. The van der Waals surface area contributed by atoms with Crippen LogP contribution in [0.4, 0.5) is 0 Å². The Morgan fingerprint density at radius 2 is 1.20 bits per heavy atom. The summed E-state index contributed by atoms with van der Waals surface area (Å²) >= 11 is 0. The fourth-order valence-corrected chi connectivity index (χ4v) is 2.44. The summed E-state index contributed by atoms with van der Waals surface area (Å²) in [7, 11) is 0. The number of hydrogen-bond acceptors (Lipinski definition) is 0. The minimum Gasteiger partial charge on any atom is -0.201 e. The van der Waals surface area contributed by atoms with Crippen LogP contribution in [0.15, 0.2) is 85.2 Å². The van der Waals surface area contributed by atoms with E-state index in [0.717, 1.165) is 13.0 Å². The van der Waals surface area contributed by atoms with E-state index in [-0.39, 0.29) is 0 Å². The number of benzene rings is 2. The van der Waals surface area contributed by atoms with E-state index >= 15 is 0 Å². The van der Waals surface area contributed by atoms with Crippen molar-refractivity contribution in [3.63, 3.8) is 0 Å². The summed E-state index contributed by atoms with van der Waals surface area (Å²) in [5.41, 5.74) is 4.14. The highest BCUT2D eigenvalue weighted by Crippen LogP contribution is 2.14. The standard InChI is InChI=1S/C19H18N/c1-3-9-17(10-4-1)15-18-11-5-6-12-19(18)16-20-13-7-2-8-14-20/h1-14H,15-16H2/q+1. The van der Waals surface area contributed by atoms with Crippen LogP contribution in [0.1, 0.15) is 16.7 Å². The van der Waals surface area contributed by atoms with E-state index in [1.807, 2.05) is 6.07 Å². The summed E-state index contributed by atoms with van der Waals surface area (Å²) in [6, 6.07) is 25.5. The molecule has 0 N–H and O–H groups in total. The molecule has 0 saturated heterocycles. The maximum atomic E-state index is 2.23. The van der Waals surface area contributed by atoms with E-state index in [9.17, 15) is 0 Å². The summed E-state index contributed by atoms with van der Waals surface area (Å²) in [4.78, 5) is 0. The summed E-state index contributed by atoms with van der Waals surface area (Å²) in [5, 5.41) is 0. The van der Waals surface area contributed by atoms with Crippen LogP contribution in [0.2, 0.25) is 0 Å². The van der Waals surface area contributed by atoms with Crippen molar-refractivity contribution in [1.29, 1.82) is 0 Å². The highest BCUT2D eigenvalue weighted by atomic mass is 14.9. The molecule has 0 amide bonds. The molecule has 0 bridgehead atoms. The molecule has 0 aliphatic heterocycles. The molecule has 20 heavy (non-hydrogen) atoms. The van der Waals surface area contributed by atoms with Crippen LogP contribution in [0.5, 0.6) is 0 Å². The van der Waals surface area contributed by atoms with E-state index < -0.39 is 0 Å². The second-order valence-corrected chi connectivity index (χ2v) is 4.98. The first-order valence-electron chi connectivity index (χ1n) is 6.96. The van der Waals surface area contributed by atoms with Gasteiger partial charge in [-0.05, 0) is 17.5 Å². The van der Waals surface area contributed by atoms with Gasteiger partial charge in [0.15, 0.2) is 18.9 Å². The van der Waals surface area contributed by atoms with Crippen molar-refractivity contribution in [2.75, 3.05) is 0 Å². The Labute approximate surface area is 120 Å². The zero-order chi connectivity index (χ0) is 13.6. The SMILES string of the molecule is c1ccc(Cc2ccccc2C[n+]2ccccc2)cc1. The number of hydrogen-bond donors (Lipinski definition) is 0. The second kappa shape index (κ2) is 6.16. The third-order valence-electron chi connectivity index (χ3n) is 3.49. The summed E-state index contributed by atoms with van der Waals surface area (Å²) < 4.78 is 2.21. The molecule has 3 aromatic rings. The van der Waals surface area contributed by atoms with Crippen molar-refractivity contribution in [1.82, 2.24) is 0 Å². The molecular formula is C19H18N+. The minimum absolute atomic E-state index is 0.920. The lowest BCUT2D eigenvalue weighted by Crippen LogP contribution is -2.33. The molecule has 0 atom stereocenters. The number of aromatic nitrogens is 1. The molecule has 1 nitrogen and oxygen atoms in total. The Kier molecular flexibility index (Phi) is 3.88. The van der Waals surface area contributed by atoms with Crippen LogP contribution >= 0.6 is 0 Å². The van der Waals surface area contributed by atoms with Crippen LogP contribution < -0.4 is 4.57 Å². The predicted molar refractivity (Wildman–Crippen MR) is 81.4 cm³/mol. The summed E-state index contributed by atoms with van der Waals surface area (Å²) in [5.74, 6) is 0. The first-order chi connectivity index (χ1) is 9.92. The highest BCUT2D eigenvalue weighted by Gasteiger charge is 2.07. The lowest BCUT2D eigenvalue weighted by Gasteiger charge is -2.07. The molecular weight excluding hydrogens is 242 g/mol. The second-order valence-electron chi connectivity index (χ2n) is 4.98. The van der Waals surface area contributed by atoms with E-state index in [1.54, 1.807) is 0 Å². The molecule has 0 spiro atoms. The van der Waals surface area contributed by atoms with Crippen LogP contribution in [0.3, 0.4) is 0 Å². The van der Waals surface area contributed by atoms with Crippen molar-refractivity contribution >= 4 is 0 Å². The van der Waals surface area contributed by atoms with Gasteiger partial charge in [0.05, 0.1) is 0 Å². The van der Waals surface area contributed by atoms with Gasteiger partial charge >= 0.3 is 0 Å². The van der Waals surface area contributed by atoms with Gasteiger partial charge in [-0.2, -0.15) is 0 Å². The zero-order valence-corrected chi connectivity index (χ0v) is 11.4. The summed E-state index contributed by atoms with van der Waals surface area (Å²) in [6.07, 6.45) is 5.21. The van der Waals surface area contributed by atoms with Crippen LogP contribution in [-0.4, -0.2) is 0 Å². The van der Waals surface area contributed by atoms with Gasteiger partial charge < -0.3 is 0 Å². The van der Waals surface area contributed by atoms with Crippen molar-refractivity contribution in [2.24, 2.45) is 0 Å². The van der Waals surface area contributed by atoms with Gasteiger partial charge in [-0.3, -0.25) is 0 Å². The van der Waals surface area contributed by atoms with Crippen molar-refractivity contribution in [3.05, 3.63) is 102 Å². The fourth-order valence-electron chi connectivity index (χ4n) is 2.44. The number of nitrogens with zero attached hydrogens (tertiary/aromatic N) is 1. The lowest BCUT2D eigenvalue weighted by atomic mass is 10.00. The van der Waals surface area contributed by atoms with Gasteiger partial charge in [-0.15, -0.1) is 0 Å². The Morgan fingerprint density at radius 1 is 0.600 bits per heavy atom. The first-order valence-corrected chi connectivity index (χ1v) is 6.96. The number of rotatable bonds is 4. The van der Waals surface area contributed by atoms with Gasteiger partial charge in [0, 0.05) is 17.7 Å². The molecule has 0 unspecified atom stereocenters. The maximum absolute atomic E-state index is 2.23. The molecule has 0 saturated carbocycles. The lowest BCUT2D eigenvalue weighted by molar-refractivity contribution is -0.688. The Morgan fingerprint density at radius 3 is 1.95 bits per heavy atom. The highest BCUT2D eigenvalue weighted by molar-refractivity contribution is 5.32. The minimum atomic E-state index is 0.920. The molecule has 0 aliphatic rings. The van der Waals surface area contributed by atoms with Crippen molar-refractivity contribution < 1.29 is 4.57 Å². The predicted octanol–water partition coefficient (Wildman–Crippen LogP) is 3.61. The average Bonchev–Trinajstić information content (AvgIpc) is 2.51. The molecule has 2 aromatic carbocycles. The molecule has 0 fully saturated rings. The van der Waals surface area contributed by atoms with Crippen molar-refractivity contribution in [2.45, 2.75) is 13.0 Å². The third kappa shape index (κ3) is 3.12. The van der Waals surface area contributed by atoms with Crippen LogP contribution in [-0.2, 0) is 13.0 Å². The molecule has 98 valence electrons. The number of pyridine rings is 1. The molecule has 0 radical (unpaired) electrons. The maximum Gasteiger partial charge on any atom is 0.174 e. The van der Waals surface area contributed by atoms with Gasteiger partial charge in [-0.1, -0.05) is 60.7 Å². The smallest absolute Gasteiger partial charge is 0.174 e. The zero-order valence-electron chi connectivity index (χ0n) is 11.4. The van der Waals surface area contributed by atoms with E-state index in [2.05, 4.69) is 83.7 Å². The van der Waals surface area contributed by atoms with Gasteiger partial charge in [0.2, 0.25) is 0 Å². The van der Waals surface area contributed by atoms with Crippen molar-refractivity contribution in [3.8, 4) is 0 Å². The Bertz CT molecular complexity index is 599. The van der Waals surface area contributed by atoms with Crippen LogP contribution in [0.25, 0.3) is 0 Å². The summed E-state index contributed by atoms with van der Waals surface area (Å²) in [6.45, 7) is 0.920. The monoisotopic (exact) mass is 260 g/mol. The Balaban J connectivity index is 1.85. The molecule has 1 heterocycles. The fraction of sp³-hybridized carbons (Fsp3) is 0.105. The third-order valence-corrected chi connectivity index (χ3v) is 3.49. The molecule has 0 aliphatic carbocycles. The van der Waals surface area contributed by atoms with Gasteiger partial charge in [-0.25, -0.2) is 4.57 Å². The quantitative estimate of drug-likeness (QED) is 0.631. The molecule has 1 heteroatoms. The normalized spacial score (nSPS) is 10.4. The van der Waals surface area contributed by atoms with E-state index in [4.69, 9.17) is 0 Å². The topological polar surface area (TPSA) is 3.88 Å². The first kappa shape index (κ1) is 12.6. The van der Waals surface area contributed by atoms with Gasteiger partial charge in [0.1, 0.15) is 0 Å². The van der Waals surface area contributed by atoms with E-state index in [0.29, 0.717) is 0 Å². The Hall–Kier alpha value is -2.41. The van der Waals surface area contributed by atoms with Crippen LogP contribution in [0, 0.1) is 0 Å². The van der Waals surface area contributed by atoms with Gasteiger partial charge in [0.25, 0.3) is 0 Å².